The molecular formula is C11H17N3O4S2. The number of anilines is 1. The van der Waals surface area contributed by atoms with Gasteiger partial charge in [-0.05, 0) is 44.0 Å². The zero-order valence-corrected chi connectivity index (χ0v) is 12.8. The second-order valence-corrected chi connectivity index (χ2v) is 8.12. The van der Waals surface area contributed by atoms with Crippen LogP contribution < -0.4 is 14.2 Å². The van der Waals surface area contributed by atoms with E-state index in [1.807, 2.05) is 0 Å². The molecule has 0 aliphatic carbocycles. The molecule has 112 valence electrons. The molecule has 0 aromatic heterocycles. The van der Waals surface area contributed by atoms with E-state index in [9.17, 15) is 16.8 Å². The van der Waals surface area contributed by atoms with Crippen molar-refractivity contribution < 1.29 is 16.8 Å². The number of hydrogen-bond donors (Lipinski definition) is 2. The van der Waals surface area contributed by atoms with Gasteiger partial charge >= 0.3 is 10.2 Å². The molecule has 0 atom stereocenters. The highest BCUT2D eigenvalue weighted by Gasteiger charge is 2.30. The predicted molar refractivity (Wildman–Crippen MR) is 76.1 cm³/mol. The van der Waals surface area contributed by atoms with Crippen LogP contribution in [0.2, 0.25) is 0 Å². The van der Waals surface area contributed by atoms with E-state index in [2.05, 4.69) is 4.72 Å². The summed E-state index contributed by atoms with van der Waals surface area (Å²) in [5, 5.41) is 5.07. The maximum absolute atomic E-state index is 12.2. The fraction of sp³-hybridized carbons (Fsp3) is 0.455. The molecule has 1 aromatic carbocycles. The summed E-state index contributed by atoms with van der Waals surface area (Å²) in [7, 11) is -7.40. The number of fused-ring (bicyclic) bond motifs is 1. The molecule has 1 aliphatic heterocycles. The average Bonchev–Trinajstić information content (AvgIpc) is 2.68. The van der Waals surface area contributed by atoms with Crippen LogP contribution in [-0.4, -0.2) is 29.4 Å². The van der Waals surface area contributed by atoms with Crippen molar-refractivity contribution in [2.45, 2.75) is 31.2 Å². The largest absolute Gasteiger partial charge is 0.301 e. The fourth-order valence-corrected chi connectivity index (χ4v) is 4.19. The van der Waals surface area contributed by atoms with Crippen LogP contribution in [-0.2, 0) is 26.7 Å². The first-order chi connectivity index (χ1) is 9.11. The molecule has 1 aromatic rings. The van der Waals surface area contributed by atoms with Crippen LogP contribution in [0.1, 0.15) is 19.4 Å². The quantitative estimate of drug-likeness (QED) is 0.810. The Bertz CT molecular complexity index is 726. The zero-order valence-electron chi connectivity index (χ0n) is 11.2. The normalized spacial score (nSPS) is 15.7. The standard InChI is InChI=1S/C11H17N3O4S2/c1-8(2)13-20(17,18)14-6-5-9-7-10(19(12,15)16)3-4-11(9)14/h3-4,7-8,13H,5-6H2,1-2H3,(H2,12,15,16). The Kier molecular flexibility index (Phi) is 3.80. The fourth-order valence-electron chi connectivity index (χ4n) is 2.14. The Morgan fingerprint density at radius 2 is 1.90 bits per heavy atom. The van der Waals surface area contributed by atoms with Crippen molar-refractivity contribution in [3.8, 4) is 0 Å². The molecule has 0 spiro atoms. The number of primary sulfonamides is 1. The highest BCUT2D eigenvalue weighted by atomic mass is 32.2. The minimum Gasteiger partial charge on any atom is -0.257 e. The molecule has 7 nitrogen and oxygen atoms in total. The number of sulfonamides is 1. The van der Waals surface area contributed by atoms with E-state index < -0.39 is 20.2 Å². The van der Waals surface area contributed by atoms with Crippen LogP contribution in [0.15, 0.2) is 23.1 Å². The minimum absolute atomic E-state index is 0.00711. The van der Waals surface area contributed by atoms with Crippen LogP contribution in [0, 0.1) is 0 Å². The van der Waals surface area contributed by atoms with Crippen molar-refractivity contribution in [3.63, 3.8) is 0 Å². The number of nitrogens with one attached hydrogen (secondary N) is 1. The van der Waals surface area contributed by atoms with Crippen LogP contribution in [0.5, 0.6) is 0 Å². The number of rotatable bonds is 4. The molecule has 2 rings (SSSR count). The van der Waals surface area contributed by atoms with Gasteiger partial charge in [-0.25, -0.2) is 13.6 Å². The lowest BCUT2D eigenvalue weighted by Crippen LogP contribution is -2.42. The van der Waals surface area contributed by atoms with E-state index in [1.165, 1.54) is 22.5 Å². The third-order valence-corrected chi connectivity index (χ3v) is 5.55. The molecular weight excluding hydrogens is 302 g/mol. The molecule has 0 fully saturated rings. The van der Waals surface area contributed by atoms with Crippen molar-refractivity contribution in [2.24, 2.45) is 5.14 Å². The van der Waals surface area contributed by atoms with Gasteiger partial charge in [0, 0.05) is 12.6 Å². The van der Waals surface area contributed by atoms with Crippen LogP contribution in [0.3, 0.4) is 0 Å². The smallest absolute Gasteiger partial charge is 0.257 e. The van der Waals surface area contributed by atoms with E-state index in [-0.39, 0.29) is 17.5 Å². The van der Waals surface area contributed by atoms with Gasteiger partial charge in [0.1, 0.15) is 0 Å². The molecule has 1 heterocycles. The van der Waals surface area contributed by atoms with Crippen LogP contribution >= 0.6 is 0 Å². The summed E-state index contributed by atoms with van der Waals surface area (Å²) in [6.45, 7) is 3.75. The highest BCUT2D eigenvalue weighted by molar-refractivity contribution is 7.91. The van der Waals surface area contributed by atoms with Gasteiger partial charge in [0.15, 0.2) is 0 Å². The SMILES string of the molecule is CC(C)NS(=O)(=O)N1CCc2cc(S(N)(=O)=O)ccc21. The number of benzene rings is 1. The van der Waals surface area contributed by atoms with Crippen molar-refractivity contribution in [3.05, 3.63) is 23.8 Å². The second-order valence-electron chi connectivity index (χ2n) is 4.94. The summed E-state index contributed by atoms with van der Waals surface area (Å²) in [6.07, 6.45) is 0.456. The van der Waals surface area contributed by atoms with Gasteiger partial charge < -0.3 is 0 Å². The van der Waals surface area contributed by atoms with E-state index in [1.54, 1.807) is 13.8 Å². The van der Waals surface area contributed by atoms with Gasteiger partial charge in [0.05, 0.1) is 10.6 Å². The Morgan fingerprint density at radius 3 is 2.45 bits per heavy atom. The zero-order chi connectivity index (χ0) is 15.1. The Labute approximate surface area is 119 Å². The first-order valence-electron chi connectivity index (χ1n) is 6.07. The van der Waals surface area contributed by atoms with Crippen molar-refractivity contribution >= 4 is 25.9 Å². The first kappa shape index (κ1) is 15.2. The van der Waals surface area contributed by atoms with Gasteiger partial charge in [-0.2, -0.15) is 13.1 Å². The summed E-state index contributed by atoms with van der Waals surface area (Å²) in [5.74, 6) is 0. The Morgan fingerprint density at radius 1 is 1.25 bits per heavy atom. The van der Waals surface area contributed by atoms with Gasteiger partial charge in [0.25, 0.3) is 0 Å². The molecule has 0 amide bonds. The van der Waals surface area contributed by atoms with Gasteiger partial charge in [-0.3, -0.25) is 4.31 Å². The third-order valence-electron chi connectivity index (χ3n) is 2.91. The lowest BCUT2D eigenvalue weighted by molar-refractivity contribution is 0.566. The van der Waals surface area contributed by atoms with Gasteiger partial charge in [0.2, 0.25) is 10.0 Å². The van der Waals surface area contributed by atoms with E-state index >= 15 is 0 Å². The lowest BCUT2D eigenvalue weighted by atomic mass is 10.2. The Balaban J connectivity index is 2.40. The maximum atomic E-state index is 12.2. The van der Waals surface area contributed by atoms with Gasteiger partial charge in [-0.15, -0.1) is 0 Å². The summed E-state index contributed by atoms with van der Waals surface area (Å²) in [6, 6.07) is 4.00. The summed E-state index contributed by atoms with van der Waals surface area (Å²) < 4.78 is 50.6. The number of nitrogens with zero attached hydrogens (tertiary/aromatic N) is 1. The molecule has 9 heteroatoms. The number of hydrogen-bond acceptors (Lipinski definition) is 4. The monoisotopic (exact) mass is 319 g/mol. The second kappa shape index (κ2) is 4.99. The first-order valence-corrected chi connectivity index (χ1v) is 9.05. The number of nitrogens with two attached hydrogens (primary N) is 1. The Hall–Kier alpha value is -1.16. The van der Waals surface area contributed by atoms with Crippen molar-refractivity contribution in [2.75, 3.05) is 10.8 Å². The molecule has 0 saturated carbocycles. The summed E-state index contributed by atoms with van der Waals surface area (Å²) in [4.78, 5) is -0.00711. The van der Waals surface area contributed by atoms with E-state index in [4.69, 9.17) is 5.14 Å². The summed E-state index contributed by atoms with van der Waals surface area (Å²) in [5.41, 5.74) is 1.15. The molecule has 3 N–H and O–H groups in total. The maximum Gasteiger partial charge on any atom is 0.301 e. The lowest BCUT2D eigenvalue weighted by Gasteiger charge is -2.21. The summed E-state index contributed by atoms with van der Waals surface area (Å²) >= 11 is 0. The molecule has 0 radical (unpaired) electrons. The highest BCUT2D eigenvalue weighted by Crippen LogP contribution is 2.31. The molecule has 0 saturated heterocycles. The third kappa shape index (κ3) is 2.95. The van der Waals surface area contributed by atoms with Crippen molar-refractivity contribution in [1.29, 1.82) is 0 Å². The van der Waals surface area contributed by atoms with Crippen LogP contribution in [0.25, 0.3) is 0 Å². The molecule has 0 unspecified atom stereocenters. The predicted octanol–water partition coefficient (Wildman–Crippen LogP) is -0.0607. The average molecular weight is 319 g/mol. The molecule has 0 bridgehead atoms. The van der Waals surface area contributed by atoms with Gasteiger partial charge in [-0.1, -0.05) is 0 Å². The minimum atomic E-state index is -3.78. The van der Waals surface area contributed by atoms with E-state index in [0.29, 0.717) is 17.7 Å². The van der Waals surface area contributed by atoms with Crippen molar-refractivity contribution in [1.82, 2.24) is 4.72 Å². The van der Waals surface area contributed by atoms with Crippen LogP contribution in [0.4, 0.5) is 5.69 Å². The topological polar surface area (TPSA) is 110 Å². The molecule has 20 heavy (non-hydrogen) atoms. The van der Waals surface area contributed by atoms with E-state index in [0.717, 1.165) is 0 Å². The molecule has 1 aliphatic rings.